The average Bonchev–Trinajstić information content (AvgIpc) is 4.12. The summed E-state index contributed by atoms with van der Waals surface area (Å²) in [7, 11) is 10.7. The first-order valence-electron chi connectivity index (χ1n) is 23.8. The van der Waals surface area contributed by atoms with Gasteiger partial charge in [-0.25, -0.2) is 0 Å². The zero-order valence-electron chi connectivity index (χ0n) is 39.9. The molecule has 0 N–H and O–H groups in total. The summed E-state index contributed by atoms with van der Waals surface area (Å²) in [6.07, 6.45) is 2.15. The third-order valence-electron chi connectivity index (χ3n) is 12.9. The summed E-state index contributed by atoms with van der Waals surface area (Å²) < 4.78 is 0. The Morgan fingerprint density at radius 2 is 0.868 bits per heavy atom. The molecule has 0 unspecified atom stereocenters. The third-order valence-corrected chi connectivity index (χ3v) is 14.3. The molecule has 0 amide bonds. The molecule has 10 aromatic rings. The minimum atomic E-state index is -0.826. The summed E-state index contributed by atoms with van der Waals surface area (Å²) in [6.45, 7) is 13.6. The van der Waals surface area contributed by atoms with Crippen molar-refractivity contribution < 1.29 is 20.8 Å². The van der Waals surface area contributed by atoms with Crippen molar-refractivity contribution in [3.05, 3.63) is 229 Å². The molecule has 2 radical (unpaired) electrons. The summed E-state index contributed by atoms with van der Waals surface area (Å²) in [5, 5.41) is 8.30. The minimum absolute atomic E-state index is 0.484. The van der Waals surface area contributed by atoms with Crippen LogP contribution in [0.25, 0.3) is 77.2 Å². The van der Waals surface area contributed by atoms with Gasteiger partial charge in [-0.15, -0.1) is 74.6 Å². The fourth-order valence-electron chi connectivity index (χ4n) is 9.56. The van der Waals surface area contributed by atoms with E-state index in [1.54, 1.807) is 0 Å². The van der Waals surface area contributed by atoms with Gasteiger partial charge in [-0.3, -0.25) is 0 Å². The van der Waals surface area contributed by atoms with Crippen LogP contribution in [0.2, 0.25) is 0 Å². The first-order chi connectivity index (χ1) is 33.2. The zero-order chi connectivity index (χ0) is 47.6. The maximum absolute atomic E-state index is 4.93. The Morgan fingerprint density at radius 1 is 0.471 bits per heavy atom. The minimum Gasteiger partial charge on any atom is -0.184 e. The number of rotatable bonds is 8. The Labute approximate surface area is 426 Å². The molecule has 0 aliphatic carbocycles. The molecule has 11 rings (SSSR count). The van der Waals surface area contributed by atoms with Crippen molar-refractivity contribution >= 4 is 58.5 Å². The zero-order valence-corrected chi connectivity index (χ0v) is 44.8. The van der Waals surface area contributed by atoms with E-state index in [0.29, 0.717) is 11.8 Å². The number of halogens is 2. The number of hydrogen-bond acceptors (Lipinski definition) is 0. The van der Waals surface area contributed by atoms with Crippen molar-refractivity contribution in [3.63, 3.8) is 0 Å². The van der Waals surface area contributed by atoms with Crippen LogP contribution in [0.3, 0.4) is 0 Å². The molecule has 1 aliphatic rings. The number of aryl methyl sites for hydroxylation is 2. The number of fused-ring (bicyclic) bond motifs is 5. The van der Waals surface area contributed by atoms with Crippen LogP contribution in [0, 0.1) is 6.07 Å². The van der Waals surface area contributed by atoms with Crippen LogP contribution in [-0.2, 0) is 33.7 Å². The molecule has 0 spiro atoms. The van der Waals surface area contributed by atoms with Crippen molar-refractivity contribution in [1.29, 1.82) is 0 Å². The summed E-state index contributed by atoms with van der Waals surface area (Å²) in [5.74, 6) is 0.969. The van der Waals surface area contributed by atoms with Crippen molar-refractivity contribution in [1.82, 2.24) is 0 Å². The van der Waals surface area contributed by atoms with Gasteiger partial charge in [-0.05, 0) is 58.1 Å². The molecular formula is C64H57Cl2SiZr-3. The summed E-state index contributed by atoms with van der Waals surface area (Å²) in [6, 6.07) is 76.0. The molecule has 1 heterocycles. The monoisotopic (exact) mass is 1010 g/mol. The SMILES string of the molecule is CCc1cc2c(-c3ccccc3-c3ccccc3)c(C(C)C)ccc2[cH-]1.CCc1cc2c(-c3ccccc3-c3ccccc3)c(C(C)C)ccc2[cH-]1.[Cl][Zr][Cl].[c-]1cccc2c1[Si]c1ccccc1-2. The molecule has 1 aliphatic heterocycles. The maximum atomic E-state index is 4.93. The standard InChI is InChI=1S/2C26H25.C12H7Si.2ClH.Zr/c2*1-4-19-16-21-14-15-22(18(2)3)26(25(21)17-19)24-13-9-8-12-23(24)20-10-6-5-7-11-20;1-3-7-11-9(5-1)10-6-2-4-8-12(10)13-11;;;/h2*5-18H,4H2,1-3H3;1-7H;2*1H;/q3*-1;;;+2/p-2. The molecule has 338 valence electrons. The molecule has 0 bridgehead atoms. The van der Waals surface area contributed by atoms with E-state index in [1.807, 2.05) is 6.07 Å². The average molecular weight is 1020 g/mol. The van der Waals surface area contributed by atoms with Crippen LogP contribution >= 0.6 is 17.0 Å². The van der Waals surface area contributed by atoms with Gasteiger partial charge in [-0.1, -0.05) is 208 Å². The second-order valence-corrected chi connectivity index (χ2v) is 22.9. The summed E-state index contributed by atoms with van der Waals surface area (Å²) in [4.78, 5) is 0. The quantitative estimate of drug-likeness (QED) is 0.105. The van der Waals surface area contributed by atoms with Gasteiger partial charge in [0.2, 0.25) is 0 Å². The molecule has 68 heavy (non-hydrogen) atoms. The molecule has 0 aromatic heterocycles. The van der Waals surface area contributed by atoms with E-state index in [1.165, 1.54) is 110 Å². The fourth-order valence-corrected chi connectivity index (χ4v) is 10.9. The predicted octanol–water partition coefficient (Wildman–Crippen LogP) is 17.7. The van der Waals surface area contributed by atoms with Gasteiger partial charge in [-0.2, -0.15) is 41.6 Å². The van der Waals surface area contributed by atoms with Gasteiger partial charge in [0.1, 0.15) is 0 Å². The van der Waals surface area contributed by atoms with Crippen LogP contribution in [0.5, 0.6) is 0 Å². The van der Waals surface area contributed by atoms with E-state index < -0.39 is 20.8 Å². The Hall–Kier alpha value is -5.34. The molecule has 0 saturated carbocycles. The van der Waals surface area contributed by atoms with Crippen LogP contribution in [-0.4, -0.2) is 9.52 Å². The number of benzene rings is 8. The van der Waals surface area contributed by atoms with Gasteiger partial charge in [0, 0.05) is 0 Å². The molecule has 4 heteroatoms. The second-order valence-electron chi connectivity index (χ2n) is 17.8. The van der Waals surface area contributed by atoms with Gasteiger partial charge >= 0.3 is 37.9 Å². The molecule has 0 saturated heterocycles. The first kappa shape index (κ1) is 49.1. The van der Waals surface area contributed by atoms with Crippen LogP contribution in [0.4, 0.5) is 0 Å². The molecular weight excluding hydrogens is 959 g/mol. The second kappa shape index (κ2) is 23.3. The fraction of sp³-hybridized carbons (Fsp3) is 0.156. The smallest absolute Gasteiger partial charge is 0.0920 e. The normalized spacial score (nSPS) is 11.3. The van der Waals surface area contributed by atoms with Crippen LogP contribution < -0.4 is 10.4 Å². The van der Waals surface area contributed by atoms with E-state index in [4.69, 9.17) is 17.0 Å². The Morgan fingerprint density at radius 3 is 1.31 bits per heavy atom. The van der Waals surface area contributed by atoms with Crippen molar-refractivity contribution in [2.75, 3.05) is 0 Å². The van der Waals surface area contributed by atoms with E-state index in [0.717, 1.165) is 22.4 Å². The molecule has 0 atom stereocenters. The Kier molecular flexibility index (Phi) is 16.8. The Balaban J connectivity index is 0.000000140. The van der Waals surface area contributed by atoms with Crippen molar-refractivity contribution in [2.45, 2.75) is 66.2 Å². The first-order valence-corrected chi connectivity index (χ1v) is 31.1. The van der Waals surface area contributed by atoms with E-state index >= 15 is 0 Å². The topological polar surface area (TPSA) is 0 Å². The van der Waals surface area contributed by atoms with Gasteiger partial charge in [0.25, 0.3) is 0 Å². The molecule has 0 nitrogen and oxygen atoms in total. The van der Waals surface area contributed by atoms with E-state index in [9.17, 15) is 0 Å². The van der Waals surface area contributed by atoms with Crippen molar-refractivity contribution in [3.8, 4) is 55.6 Å². The Bertz CT molecular complexity index is 3010. The van der Waals surface area contributed by atoms with Gasteiger partial charge in [0.15, 0.2) is 0 Å². The molecule has 10 aromatic carbocycles. The summed E-state index contributed by atoms with van der Waals surface area (Å²) in [5.41, 5.74) is 19.1. The van der Waals surface area contributed by atoms with E-state index in [-0.39, 0.29) is 0 Å². The summed E-state index contributed by atoms with van der Waals surface area (Å²) >= 11 is -0.826. The van der Waals surface area contributed by atoms with Crippen LogP contribution in [0.1, 0.15) is 75.6 Å². The van der Waals surface area contributed by atoms with Crippen molar-refractivity contribution in [2.24, 2.45) is 0 Å². The predicted molar refractivity (Wildman–Crippen MR) is 295 cm³/mol. The third kappa shape index (κ3) is 10.9. The van der Waals surface area contributed by atoms with Gasteiger partial charge in [0.05, 0.1) is 9.52 Å². The maximum Gasteiger partial charge on any atom is 0.0920 e. The largest absolute Gasteiger partial charge is 0.184 e. The van der Waals surface area contributed by atoms with Gasteiger partial charge < -0.3 is 0 Å². The molecule has 0 fully saturated rings. The number of hydrogen-bond donors (Lipinski definition) is 0. The van der Waals surface area contributed by atoms with Crippen LogP contribution in [0.15, 0.2) is 200 Å². The van der Waals surface area contributed by atoms with E-state index in [2.05, 4.69) is 242 Å².